The second-order valence-corrected chi connectivity index (χ2v) is 13.6. The lowest BCUT2D eigenvalue weighted by Crippen LogP contribution is -2.09. The minimum absolute atomic E-state index is 0.0203. The molecule has 10 aromatic rings. The zero-order valence-corrected chi connectivity index (χ0v) is 30.7. The molecule has 10 rings (SSSR count). The van der Waals surface area contributed by atoms with Crippen molar-refractivity contribution in [1.82, 2.24) is 4.57 Å². The molecule has 1 heterocycles. The first-order valence-corrected chi connectivity index (χ1v) is 18.8. The standard InChI is InChI=1S/C54H39N3/c1-5-15-44(16-6-1)55(45-17-7-2-8-18-45)48-33-29-42(30-34-48)40-25-27-41(28-26-40)43-31-35-49(36-32-43)56(46-19-9-3-10-20-46)50-37-38-54-52(39-50)51-23-13-14-24-53(51)57(54)47-21-11-4-12-22-47/h1-39H/i25D,26D,27D,28D,31D,32D,35D,36D. The summed E-state index contributed by atoms with van der Waals surface area (Å²) < 4.78 is 76.9. The molecule has 1 aromatic heterocycles. The van der Waals surface area contributed by atoms with Crippen molar-refractivity contribution in [3.8, 4) is 27.9 Å². The molecule has 0 saturated heterocycles. The van der Waals surface area contributed by atoms with Crippen LogP contribution in [-0.2, 0) is 0 Å². The first-order valence-electron chi connectivity index (χ1n) is 22.8. The van der Waals surface area contributed by atoms with Crippen molar-refractivity contribution >= 4 is 55.9 Å². The summed E-state index contributed by atoms with van der Waals surface area (Å²) >= 11 is 0. The van der Waals surface area contributed by atoms with Gasteiger partial charge in [0.15, 0.2) is 0 Å². The van der Waals surface area contributed by atoms with Crippen molar-refractivity contribution in [1.29, 1.82) is 0 Å². The third-order valence-electron chi connectivity index (χ3n) is 10.1. The molecule has 0 atom stereocenters. The number of fused-ring (bicyclic) bond motifs is 3. The summed E-state index contributed by atoms with van der Waals surface area (Å²) in [6, 6.07) is 57.0. The van der Waals surface area contributed by atoms with Crippen LogP contribution >= 0.6 is 0 Å². The van der Waals surface area contributed by atoms with Crippen LogP contribution < -0.4 is 9.80 Å². The van der Waals surface area contributed by atoms with Crippen LogP contribution in [0.2, 0.25) is 0 Å². The van der Waals surface area contributed by atoms with Crippen molar-refractivity contribution < 1.29 is 11.0 Å². The molecule has 0 radical (unpaired) electrons. The molecule has 0 saturated carbocycles. The molecule has 0 unspecified atom stereocenters. The van der Waals surface area contributed by atoms with Gasteiger partial charge in [0.2, 0.25) is 0 Å². The highest BCUT2D eigenvalue weighted by Crippen LogP contribution is 2.41. The van der Waals surface area contributed by atoms with E-state index in [4.69, 9.17) is 0 Å². The van der Waals surface area contributed by atoms with Gasteiger partial charge in [-0.25, -0.2) is 0 Å². The maximum atomic E-state index is 9.51. The fourth-order valence-corrected chi connectivity index (χ4v) is 7.44. The zero-order valence-electron chi connectivity index (χ0n) is 38.7. The van der Waals surface area contributed by atoms with E-state index in [0.717, 1.165) is 44.6 Å². The van der Waals surface area contributed by atoms with Gasteiger partial charge in [-0.2, -0.15) is 0 Å². The van der Waals surface area contributed by atoms with E-state index in [9.17, 15) is 11.0 Å². The molecule has 0 spiro atoms. The number of anilines is 6. The lowest BCUT2D eigenvalue weighted by molar-refractivity contribution is 1.18. The Morgan fingerprint density at radius 3 is 1.26 bits per heavy atom. The number of rotatable bonds is 9. The van der Waals surface area contributed by atoms with Crippen LogP contribution in [-0.4, -0.2) is 4.57 Å². The normalized spacial score (nSPS) is 13.1. The molecule has 0 fully saturated rings. The molecule has 0 bridgehead atoms. The topological polar surface area (TPSA) is 11.4 Å². The Bertz CT molecular complexity index is 3300. The largest absolute Gasteiger partial charge is 0.311 e. The fourth-order valence-electron chi connectivity index (χ4n) is 7.44. The van der Waals surface area contributed by atoms with Gasteiger partial charge in [-0.05, 0) is 119 Å². The van der Waals surface area contributed by atoms with Crippen molar-refractivity contribution in [3.05, 3.63) is 236 Å². The SMILES string of the molecule is [2H]c1c([2H])c(-c2c([2H])c([2H])c(N(c3ccccc3)c3ccc4c(c3)c3ccccc3n4-c3ccccc3)c([2H])c2[2H])c([2H])c([2H])c1-c1ccc(N(c2ccccc2)c2ccccc2)cc1. The van der Waals surface area contributed by atoms with E-state index in [1.165, 1.54) is 0 Å². The van der Waals surface area contributed by atoms with Crippen molar-refractivity contribution in [2.24, 2.45) is 0 Å². The number of hydrogen-bond acceptors (Lipinski definition) is 2. The third-order valence-corrected chi connectivity index (χ3v) is 10.1. The number of aromatic nitrogens is 1. The van der Waals surface area contributed by atoms with E-state index in [1.54, 1.807) is 17.0 Å². The second kappa shape index (κ2) is 14.9. The quantitative estimate of drug-likeness (QED) is 0.146. The minimum Gasteiger partial charge on any atom is -0.311 e. The van der Waals surface area contributed by atoms with E-state index < -0.39 is 36.3 Å². The van der Waals surface area contributed by atoms with Gasteiger partial charge in [0.05, 0.1) is 22.0 Å². The van der Waals surface area contributed by atoms with Crippen LogP contribution in [0.15, 0.2) is 236 Å². The first-order chi connectivity index (χ1) is 31.6. The van der Waals surface area contributed by atoms with Gasteiger partial charge >= 0.3 is 0 Å². The average Bonchev–Trinajstić information content (AvgIpc) is 3.68. The maximum absolute atomic E-state index is 9.51. The van der Waals surface area contributed by atoms with Crippen molar-refractivity contribution in [3.63, 3.8) is 0 Å². The van der Waals surface area contributed by atoms with Crippen LogP contribution in [0.5, 0.6) is 0 Å². The number of hydrogen-bond donors (Lipinski definition) is 0. The van der Waals surface area contributed by atoms with Crippen molar-refractivity contribution in [2.45, 2.75) is 0 Å². The maximum Gasteiger partial charge on any atom is 0.0645 e. The average molecular weight is 738 g/mol. The highest BCUT2D eigenvalue weighted by Gasteiger charge is 2.18. The highest BCUT2D eigenvalue weighted by atomic mass is 15.1. The lowest BCUT2D eigenvalue weighted by Gasteiger charge is -2.26. The monoisotopic (exact) mass is 737 g/mol. The van der Waals surface area contributed by atoms with E-state index >= 15 is 0 Å². The van der Waals surface area contributed by atoms with Gasteiger partial charge in [-0.3, -0.25) is 0 Å². The number of benzene rings is 9. The molecule has 270 valence electrons. The predicted octanol–water partition coefficient (Wildman–Crippen LogP) is 15.1. The summed E-state index contributed by atoms with van der Waals surface area (Å²) in [5.41, 5.74) is 6.74. The Kier molecular flexibility index (Phi) is 6.86. The molecule has 0 aliphatic carbocycles. The smallest absolute Gasteiger partial charge is 0.0645 e. The van der Waals surface area contributed by atoms with E-state index in [1.807, 2.05) is 152 Å². The summed E-state index contributed by atoms with van der Waals surface area (Å²) in [7, 11) is 0. The third kappa shape index (κ3) is 6.52. The first kappa shape index (κ1) is 26.2. The van der Waals surface area contributed by atoms with E-state index in [0.29, 0.717) is 16.9 Å². The van der Waals surface area contributed by atoms with Gasteiger partial charge in [-0.1, -0.05) is 139 Å². The molecule has 57 heavy (non-hydrogen) atoms. The van der Waals surface area contributed by atoms with Crippen LogP contribution in [0.25, 0.3) is 49.7 Å². The summed E-state index contributed by atoms with van der Waals surface area (Å²) in [5.74, 6) is 0. The van der Waals surface area contributed by atoms with Gasteiger partial charge in [0.25, 0.3) is 0 Å². The van der Waals surface area contributed by atoms with Crippen molar-refractivity contribution in [2.75, 3.05) is 9.80 Å². The lowest BCUT2D eigenvalue weighted by atomic mass is 9.99. The highest BCUT2D eigenvalue weighted by molar-refractivity contribution is 6.10. The molecular weight excluding hydrogens is 691 g/mol. The summed E-state index contributed by atoms with van der Waals surface area (Å²) in [6.07, 6.45) is 0. The summed E-state index contributed by atoms with van der Waals surface area (Å²) in [6.45, 7) is 0. The molecule has 0 aliphatic rings. The van der Waals surface area contributed by atoms with Crippen LogP contribution in [0.4, 0.5) is 34.1 Å². The molecular formula is C54H39N3. The Morgan fingerprint density at radius 2 is 0.702 bits per heavy atom. The summed E-state index contributed by atoms with van der Waals surface area (Å²) in [5, 5.41) is 1.93. The fraction of sp³-hybridized carbons (Fsp3) is 0. The zero-order chi connectivity index (χ0) is 44.9. The Hall–Kier alpha value is -7.62. The van der Waals surface area contributed by atoms with Gasteiger partial charge in [0.1, 0.15) is 0 Å². The van der Waals surface area contributed by atoms with Gasteiger partial charge in [-0.15, -0.1) is 0 Å². The Balaban J connectivity index is 1.09. The molecule has 0 amide bonds. The molecule has 9 aromatic carbocycles. The van der Waals surface area contributed by atoms with E-state index in [2.05, 4.69) is 33.7 Å². The molecule has 0 N–H and O–H groups in total. The Labute approximate surface area is 344 Å². The summed E-state index contributed by atoms with van der Waals surface area (Å²) in [4.78, 5) is 3.78. The molecule has 0 aliphatic heterocycles. The van der Waals surface area contributed by atoms with Crippen LogP contribution in [0.3, 0.4) is 0 Å². The number of para-hydroxylation sites is 5. The molecule has 3 nitrogen and oxygen atoms in total. The predicted molar refractivity (Wildman–Crippen MR) is 241 cm³/mol. The Morgan fingerprint density at radius 1 is 0.298 bits per heavy atom. The molecule has 3 heteroatoms. The van der Waals surface area contributed by atoms with Gasteiger partial charge < -0.3 is 14.4 Å². The second-order valence-electron chi connectivity index (χ2n) is 13.6. The minimum atomic E-state index is -0.483. The van der Waals surface area contributed by atoms with E-state index in [-0.39, 0.29) is 34.5 Å². The van der Waals surface area contributed by atoms with Crippen LogP contribution in [0.1, 0.15) is 11.0 Å². The number of nitrogens with zero attached hydrogens (tertiary/aromatic N) is 3. The van der Waals surface area contributed by atoms with Crippen LogP contribution in [0, 0.1) is 0 Å². The van der Waals surface area contributed by atoms with Gasteiger partial charge in [0, 0.05) is 50.6 Å².